The zero-order valence-electron chi connectivity index (χ0n) is 4.72. The Morgan fingerprint density at radius 1 is 1.88 bits per heavy atom. The van der Waals surface area contributed by atoms with Crippen molar-refractivity contribution in [2.75, 3.05) is 0 Å². The van der Waals surface area contributed by atoms with Crippen LogP contribution in [0.5, 0.6) is 0 Å². The number of hydrogen-bond donors (Lipinski definition) is 1. The molecule has 0 bridgehead atoms. The highest BCUT2D eigenvalue weighted by molar-refractivity contribution is 7.03. The SMILES string of the molecule is Cc1csnc1CN. The van der Waals surface area contributed by atoms with Gasteiger partial charge in [0.15, 0.2) is 0 Å². The topological polar surface area (TPSA) is 38.9 Å². The fraction of sp³-hybridized carbons (Fsp3) is 0.400. The number of aromatic nitrogens is 1. The first-order chi connectivity index (χ1) is 3.84. The standard InChI is InChI=1S/C5H8N2S/c1-4-3-8-7-5(4)2-6/h3H,2,6H2,1H3. The Balaban J connectivity index is 2.92. The summed E-state index contributed by atoms with van der Waals surface area (Å²) in [6.07, 6.45) is 0. The fourth-order valence-electron chi connectivity index (χ4n) is 0.507. The van der Waals surface area contributed by atoms with E-state index in [4.69, 9.17) is 5.73 Å². The third-order valence-electron chi connectivity index (χ3n) is 1.04. The molecule has 0 radical (unpaired) electrons. The van der Waals surface area contributed by atoms with Crippen molar-refractivity contribution in [3.8, 4) is 0 Å². The maximum absolute atomic E-state index is 5.34. The lowest BCUT2D eigenvalue weighted by molar-refractivity contribution is 1.01. The van der Waals surface area contributed by atoms with Crippen molar-refractivity contribution in [1.82, 2.24) is 4.37 Å². The summed E-state index contributed by atoms with van der Waals surface area (Å²) in [6.45, 7) is 2.58. The first-order valence-electron chi connectivity index (χ1n) is 2.44. The largest absolute Gasteiger partial charge is 0.325 e. The van der Waals surface area contributed by atoms with Crippen molar-refractivity contribution in [1.29, 1.82) is 0 Å². The van der Waals surface area contributed by atoms with Crippen LogP contribution in [0, 0.1) is 6.92 Å². The number of rotatable bonds is 1. The Labute approximate surface area is 52.5 Å². The zero-order chi connectivity index (χ0) is 5.98. The van der Waals surface area contributed by atoms with E-state index in [-0.39, 0.29) is 0 Å². The summed E-state index contributed by atoms with van der Waals surface area (Å²) in [6, 6.07) is 0. The van der Waals surface area contributed by atoms with Crippen LogP contribution < -0.4 is 5.73 Å². The van der Waals surface area contributed by atoms with Gasteiger partial charge in [0.25, 0.3) is 0 Å². The molecular formula is C5H8N2S. The molecule has 0 aliphatic rings. The van der Waals surface area contributed by atoms with Gasteiger partial charge in [0.1, 0.15) is 0 Å². The van der Waals surface area contributed by atoms with Crippen LogP contribution in [0.2, 0.25) is 0 Å². The van der Waals surface area contributed by atoms with Gasteiger partial charge in [0, 0.05) is 11.9 Å². The Bertz CT molecular complexity index is 171. The predicted molar refractivity (Wildman–Crippen MR) is 34.7 cm³/mol. The number of hydrogen-bond acceptors (Lipinski definition) is 3. The van der Waals surface area contributed by atoms with E-state index in [2.05, 4.69) is 4.37 Å². The number of nitrogens with zero attached hydrogens (tertiary/aromatic N) is 1. The second kappa shape index (κ2) is 2.24. The molecule has 0 spiro atoms. The van der Waals surface area contributed by atoms with Crippen LogP contribution >= 0.6 is 11.5 Å². The first kappa shape index (κ1) is 5.72. The van der Waals surface area contributed by atoms with E-state index in [9.17, 15) is 0 Å². The summed E-state index contributed by atoms with van der Waals surface area (Å²) >= 11 is 1.46. The molecule has 0 fully saturated rings. The highest BCUT2D eigenvalue weighted by atomic mass is 32.1. The fourth-order valence-corrected chi connectivity index (χ4v) is 1.20. The minimum absolute atomic E-state index is 0.565. The molecule has 1 aromatic heterocycles. The summed E-state index contributed by atoms with van der Waals surface area (Å²) in [5, 5.41) is 2.00. The van der Waals surface area contributed by atoms with Gasteiger partial charge in [-0.15, -0.1) is 0 Å². The average Bonchev–Trinajstić information content (AvgIpc) is 2.14. The van der Waals surface area contributed by atoms with Gasteiger partial charge in [-0.25, -0.2) is 0 Å². The molecule has 0 atom stereocenters. The first-order valence-corrected chi connectivity index (χ1v) is 3.28. The lowest BCUT2D eigenvalue weighted by atomic mass is 10.3. The Hall–Kier alpha value is -0.410. The molecule has 0 amide bonds. The van der Waals surface area contributed by atoms with Gasteiger partial charge in [-0.1, -0.05) is 0 Å². The van der Waals surface area contributed by atoms with Gasteiger partial charge in [-0.05, 0) is 24.0 Å². The zero-order valence-corrected chi connectivity index (χ0v) is 5.53. The van der Waals surface area contributed by atoms with E-state index in [0.717, 1.165) is 5.69 Å². The summed E-state index contributed by atoms with van der Waals surface area (Å²) in [5.41, 5.74) is 7.57. The van der Waals surface area contributed by atoms with Crippen molar-refractivity contribution in [3.63, 3.8) is 0 Å². The molecule has 2 nitrogen and oxygen atoms in total. The second-order valence-electron chi connectivity index (χ2n) is 1.65. The summed E-state index contributed by atoms with van der Waals surface area (Å²) in [5.74, 6) is 0. The van der Waals surface area contributed by atoms with Gasteiger partial charge in [-0.3, -0.25) is 0 Å². The van der Waals surface area contributed by atoms with E-state index in [1.165, 1.54) is 17.1 Å². The van der Waals surface area contributed by atoms with Gasteiger partial charge < -0.3 is 5.73 Å². The maximum atomic E-state index is 5.34. The second-order valence-corrected chi connectivity index (χ2v) is 2.28. The Kier molecular flexibility index (Phi) is 1.60. The van der Waals surface area contributed by atoms with E-state index >= 15 is 0 Å². The molecular weight excluding hydrogens is 120 g/mol. The monoisotopic (exact) mass is 128 g/mol. The minimum atomic E-state index is 0.565. The highest BCUT2D eigenvalue weighted by Gasteiger charge is 1.94. The lowest BCUT2D eigenvalue weighted by Crippen LogP contribution is -1.97. The molecule has 0 saturated heterocycles. The third-order valence-corrected chi connectivity index (χ3v) is 1.83. The molecule has 3 heteroatoms. The minimum Gasteiger partial charge on any atom is -0.325 e. The Morgan fingerprint density at radius 3 is 2.88 bits per heavy atom. The predicted octanol–water partition coefficient (Wildman–Crippen LogP) is 0.910. The van der Waals surface area contributed by atoms with E-state index < -0.39 is 0 Å². The molecule has 0 aliphatic heterocycles. The van der Waals surface area contributed by atoms with Crippen molar-refractivity contribution in [2.45, 2.75) is 13.5 Å². The average molecular weight is 128 g/mol. The van der Waals surface area contributed by atoms with Crippen molar-refractivity contribution < 1.29 is 0 Å². The molecule has 0 aliphatic carbocycles. The molecule has 2 N–H and O–H groups in total. The molecule has 1 aromatic rings. The Morgan fingerprint density at radius 2 is 2.62 bits per heavy atom. The van der Waals surface area contributed by atoms with Crippen LogP contribution in [0.4, 0.5) is 0 Å². The lowest BCUT2D eigenvalue weighted by Gasteiger charge is -1.86. The maximum Gasteiger partial charge on any atom is 0.0706 e. The van der Waals surface area contributed by atoms with Crippen molar-refractivity contribution in [2.24, 2.45) is 5.73 Å². The molecule has 44 valence electrons. The quantitative estimate of drug-likeness (QED) is 0.610. The molecule has 0 saturated carbocycles. The van der Waals surface area contributed by atoms with Crippen LogP contribution in [-0.2, 0) is 6.54 Å². The van der Waals surface area contributed by atoms with Gasteiger partial charge >= 0.3 is 0 Å². The van der Waals surface area contributed by atoms with Crippen LogP contribution in [0.25, 0.3) is 0 Å². The summed E-state index contributed by atoms with van der Waals surface area (Å²) in [7, 11) is 0. The molecule has 0 aromatic carbocycles. The number of aryl methyl sites for hydroxylation is 1. The molecule has 0 unspecified atom stereocenters. The number of nitrogens with two attached hydrogens (primary N) is 1. The van der Waals surface area contributed by atoms with Crippen LogP contribution in [0.15, 0.2) is 5.38 Å². The van der Waals surface area contributed by atoms with E-state index in [1.54, 1.807) is 0 Å². The normalized spacial score (nSPS) is 9.75. The van der Waals surface area contributed by atoms with Gasteiger partial charge in [0.2, 0.25) is 0 Å². The van der Waals surface area contributed by atoms with Crippen LogP contribution in [0.1, 0.15) is 11.3 Å². The van der Waals surface area contributed by atoms with Gasteiger partial charge in [0.05, 0.1) is 5.69 Å². The van der Waals surface area contributed by atoms with Crippen LogP contribution in [0.3, 0.4) is 0 Å². The van der Waals surface area contributed by atoms with Gasteiger partial charge in [-0.2, -0.15) is 4.37 Å². The van der Waals surface area contributed by atoms with Crippen molar-refractivity contribution >= 4 is 11.5 Å². The highest BCUT2D eigenvalue weighted by Crippen LogP contribution is 2.06. The summed E-state index contributed by atoms with van der Waals surface area (Å²) < 4.78 is 4.05. The smallest absolute Gasteiger partial charge is 0.0706 e. The van der Waals surface area contributed by atoms with Crippen LogP contribution in [-0.4, -0.2) is 4.37 Å². The summed E-state index contributed by atoms with van der Waals surface area (Å²) in [4.78, 5) is 0. The molecule has 1 rings (SSSR count). The molecule has 8 heavy (non-hydrogen) atoms. The van der Waals surface area contributed by atoms with Crippen molar-refractivity contribution in [3.05, 3.63) is 16.6 Å². The third kappa shape index (κ3) is 0.877. The van der Waals surface area contributed by atoms with E-state index in [1.807, 2.05) is 12.3 Å². The van der Waals surface area contributed by atoms with E-state index in [0.29, 0.717) is 6.54 Å². The molecule has 1 heterocycles.